The number of unbranched alkanes of at least 4 members (excludes halogenated alkanes) is 14. The van der Waals surface area contributed by atoms with Crippen molar-refractivity contribution >= 4 is 17.9 Å². The third-order valence-corrected chi connectivity index (χ3v) is 8.97. The lowest BCUT2D eigenvalue weighted by atomic mass is 10.1. The van der Waals surface area contributed by atoms with E-state index < -0.39 is 18.1 Å². The summed E-state index contributed by atoms with van der Waals surface area (Å²) < 4.78 is 17.2. The van der Waals surface area contributed by atoms with Crippen molar-refractivity contribution in [1.82, 2.24) is 0 Å². The fourth-order valence-electron chi connectivity index (χ4n) is 5.70. The van der Waals surface area contributed by atoms with Crippen molar-refractivity contribution < 1.29 is 38.2 Å². The maximum atomic E-state index is 12.7. The predicted molar refractivity (Wildman–Crippen MR) is 224 cm³/mol. The van der Waals surface area contributed by atoms with Crippen LogP contribution >= 0.6 is 0 Å². The summed E-state index contributed by atoms with van der Waals surface area (Å²) in [6, 6.07) is -0.628. The SMILES string of the molecule is CC/C=C/C=C/C=C/C=C/C=C/CCCC(=O)OCC(COCCC(C(=O)O)[N+](C)(C)C)OC(=O)CCCCCCCCC/C=C/CCCCCCCC. The van der Waals surface area contributed by atoms with E-state index in [0.717, 1.165) is 32.1 Å². The summed E-state index contributed by atoms with van der Waals surface area (Å²) in [6.07, 6.45) is 45.3. The number of carbonyl (C=O) groups excluding carboxylic acids is 2. The molecule has 1 N–H and O–H groups in total. The Balaban J connectivity index is 4.48. The highest BCUT2D eigenvalue weighted by molar-refractivity contribution is 5.72. The van der Waals surface area contributed by atoms with Gasteiger partial charge < -0.3 is 23.8 Å². The molecule has 0 aliphatic rings. The predicted octanol–water partition coefficient (Wildman–Crippen LogP) is 11.2. The molecule has 0 saturated carbocycles. The van der Waals surface area contributed by atoms with Gasteiger partial charge in [0.25, 0.3) is 0 Å². The highest BCUT2D eigenvalue weighted by atomic mass is 16.6. The van der Waals surface area contributed by atoms with E-state index in [1.807, 2.05) is 75.8 Å². The molecule has 54 heavy (non-hydrogen) atoms. The van der Waals surface area contributed by atoms with E-state index in [9.17, 15) is 19.5 Å². The first-order valence-corrected chi connectivity index (χ1v) is 21.0. The zero-order valence-corrected chi connectivity index (χ0v) is 34.9. The first-order valence-electron chi connectivity index (χ1n) is 21.0. The Hall–Kier alpha value is -3.23. The average Bonchev–Trinajstić information content (AvgIpc) is 3.12. The summed E-state index contributed by atoms with van der Waals surface area (Å²) in [5.74, 6) is -1.58. The summed E-state index contributed by atoms with van der Waals surface area (Å²) in [7, 11) is 5.49. The molecule has 0 bridgehead atoms. The number of hydrogen-bond acceptors (Lipinski definition) is 6. The number of likely N-dealkylation sites (N-methyl/N-ethyl adjacent to an activating group) is 1. The number of carboxylic acid groups (broad SMARTS) is 1. The number of ether oxygens (including phenoxy) is 3. The number of hydrogen-bond donors (Lipinski definition) is 1. The Morgan fingerprint density at radius 1 is 0.574 bits per heavy atom. The van der Waals surface area contributed by atoms with Crippen LogP contribution in [0.15, 0.2) is 72.9 Å². The van der Waals surface area contributed by atoms with Gasteiger partial charge in [0.2, 0.25) is 0 Å². The third kappa shape index (κ3) is 34.5. The Labute approximate surface area is 330 Å². The standard InChI is InChI=1S/C46H77NO7/c1-6-8-10-12-14-16-18-20-21-22-23-25-27-29-31-33-35-37-45(49)54-42(40-52-39-38-43(46(50)51)47(3,4)5)41-53-44(48)36-34-32-30-28-26-24-19-17-15-13-11-9-7-2/h9,11,13,15,17,19-21,24,26,28,30,42-43H,6-8,10,12,14,16,18,22-23,25,27,29,31-41H2,1-5H3/p+1/b11-9+,15-13+,19-17+,21-20+,26-24+,30-28+. The molecule has 0 aromatic carbocycles. The van der Waals surface area contributed by atoms with Gasteiger partial charge in [-0.15, -0.1) is 0 Å². The monoisotopic (exact) mass is 757 g/mol. The van der Waals surface area contributed by atoms with Gasteiger partial charge in [-0.2, -0.15) is 0 Å². The number of rotatable bonds is 36. The van der Waals surface area contributed by atoms with Crippen LogP contribution in [0.25, 0.3) is 0 Å². The summed E-state index contributed by atoms with van der Waals surface area (Å²) >= 11 is 0. The van der Waals surface area contributed by atoms with E-state index in [4.69, 9.17) is 14.2 Å². The Morgan fingerprint density at radius 2 is 1.07 bits per heavy atom. The number of carboxylic acids is 1. The molecular formula is C46H78NO7+. The van der Waals surface area contributed by atoms with Gasteiger partial charge in [-0.3, -0.25) is 9.59 Å². The second-order valence-electron chi connectivity index (χ2n) is 15.0. The highest BCUT2D eigenvalue weighted by Crippen LogP contribution is 2.13. The molecule has 0 radical (unpaired) electrons. The molecule has 0 aromatic rings. The Kier molecular flexibility index (Phi) is 34.5. The summed E-state index contributed by atoms with van der Waals surface area (Å²) in [5.41, 5.74) is 0. The van der Waals surface area contributed by atoms with Gasteiger partial charge in [-0.1, -0.05) is 151 Å². The van der Waals surface area contributed by atoms with Crippen molar-refractivity contribution in [3.63, 3.8) is 0 Å². The molecule has 0 rings (SSSR count). The minimum atomic E-state index is -0.889. The smallest absolute Gasteiger partial charge is 0.362 e. The molecule has 2 unspecified atom stereocenters. The van der Waals surface area contributed by atoms with Crippen LogP contribution in [0.2, 0.25) is 0 Å². The van der Waals surface area contributed by atoms with Gasteiger partial charge in [0.15, 0.2) is 12.1 Å². The lowest BCUT2D eigenvalue weighted by Crippen LogP contribution is -2.50. The van der Waals surface area contributed by atoms with Gasteiger partial charge in [0.05, 0.1) is 34.4 Å². The molecule has 308 valence electrons. The molecule has 0 saturated heterocycles. The van der Waals surface area contributed by atoms with Crippen LogP contribution in [0.4, 0.5) is 0 Å². The lowest BCUT2D eigenvalue weighted by Gasteiger charge is -2.31. The quantitative estimate of drug-likeness (QED) is 0.0223. The van der Waals surface area contributed by atoms with Gasteiger partial charge >= 0.3 is 17.9 Å². The molecule has 8 heteroatoms. The number of nitrogens with zero attached hydrogens (tertiary/aromatic N) is 1. The number of quaternary nitrogens is 1. The molecule has 0 heterocycles. The normalized spacial score (nSPS) is 13.7. The van der Waals surface area contributed by atoms with E-state index >= 15 is 0 Å². The lowest BCUT2D eigenvalue weighted by molar-refractivity contribution is -0.887. The molecule has 0 fully saturated rings. The Bertz CT molecular complexity index is 1110. The van der Waals surface area contributed by atoms with E-state index in [2.05, 4.69) is 32.1 Å². The topological polar surface area (TPSA) is 99.1 Å². The number of esters is 2. The van der Waals surface area contributed by atoms with Crippen LogP contribution < -0.4 is 0 Å². The zero-order valence-electron chi connectivity index (χ0n) is 34.9. The zero-order chi connectivity index (χ0) is 40.0. The summed E-state index contributed by atoms with van der Waals surface area (Å²) in [4.78, 5) is 36.9. The minimum Gasteiger partial charge on any atom is -0.477 e. The van der Waals surface area contributed by atoms with Crippen LogP contribution in [0, 0.1) is 0 Å². The van der Waals surface area contributed by atoms with Crippen LogP contribution in [-0.4, -0.2) is 80.6 Å². The summed E-state index contributed by atoms with van der Waals surface area (Å²) in [5, 5.41) is 9.60. The number of allylic oxidation sites excluding steroid dienone is 12. The van der Waals surface area contributed by atoms with Gasteiger partial charge in [0.1, 0.15) is 6.61 Å². The highest BCUT2D eigenvalue weighted by Gasteiger charge is 2.31. The van der Waals surface area contributed by atoms with Gasteiger partial charge in [-0.05, 0) is 51.4 Å². The van der Waals surface area contributed by atoms with E-state index in [1.165, 1.54) is 77.0 Å². The minimum absolute atomic E-state index is 0.0332. The average molecular weight is 757 g/mol. The third-order valence-electron chi connectivity index (χ3n) is 8.97. The molecule has 0 aliphatic carbocycles. The van der Waals surface area contributed by atoms with Crippen molar-refractivity contribution in [2.45, 2.75) is 161 Å². The maximum Gasteiger partial charge on any atom is 0.362 e. The van der Waals surface area contributed by atoms with Gasteiger partial charge in [-0.25, -0.2) is 4.79 Å². The molecule has 0 aliphatic heterocycles. The second kappa shape index (κ2) is 36.7. The number of aliphatic carboxylic acids is 1. The fourth-order valence-corrected chi connectivity index (χ4v) is 5.70. The molecule has 0 aromatic heterocycles. The second-order valence-corrected chi connectivity index (χ2v) is 15.0. The largest absolute Gasteiger partial charge is 0.477 e. The Morgan fingerprint density at radius 3 is 1.63 bits per heavy atom. The van der Waals surface area contributed by atoms with Crippen molar-refractivity contribution in [2.24, 2.45) is 0 Å². The van der Waals surface area contributed by atoms with Crippen molar-refractivity contribution in [2.75, 3.05) is 41.0 Å². The van der Waals surface area contributed by atoms with Crippen molar-refractivity contribution in [3.8, 4) is 0 Å². The molecule has 8 nitrogen and oxygen atoms in total. The van der Waals surface area contributed by atoms with Crippen LogP contribution in [0.5, 0.6) is 0 Å². The summed E-state index contributed by atoms with van der Waals surface area (Å²) in [6.45, 7) is 4.49. The van der Waals surface area contributed by atoms with Gasteiger partial charge in [0, 0.05) is 19.3 Å². The van der Waals surface area contributed by atoms with E-state index in [0.29, 0.717) is 19.3 Å². The van der Waals surface area contributed by atoms with Crippen molar-refractivity contribution in [1.29, 1.82) is 0 Å². The first kappa shape index (κ1) is 50.8. The fraction of sp³-hybridized carbons (Fsp3) is 0.674. The molecule has 0 spiro atoms. The molecule has 0 amide bonds. The molecule has 2 atom stereocenters. The van der Waals surface area contributed by atoms with Crippen LogP contribution in [-0.2, 0) is 28.6 Å². The first-order chi connectivity index (χ1) is 26.1. The van der Waals surface area contributed by atoms with E-state index in [1.54, 1.807) is 0 Å². The molecular weight excluding hydrogens is 679 g/mol. The van der Waals surface area contributed by atoms with E-state index in [-0.39, 0.29) is 42.7 Å². The number of carbonyl (C=O) groups is 3. The van der Waals surface area contributed by atoms with Crippen LogP contribution in [0.3, 0.4) is 0 Å². The van der Waals surface area contributed by atoms with Crippen molar-refractivity contribution in [3.05, 3.63) is 72.9 Å². The maximum absolute atomic E-state index is 12.7. The van der Waals surface area contributed by atoms with Crippen LogP contribution in [0.1, 0.15) is 149 Å².